The quantitative estimate of drug-likeness (QED) is 0.248. The van der Waals surface area contributed by atoms with Crippen molar-refractivity contribution in [3.8, 4) is 0 Å². The summed E-state index contributed by atoms with van der Waals surface area (Å²) >= 11 is 0. The van der Waals surface area contributed by atoms with E-state index in [-0.39, 0.29) is 37.1 Å². The zero-order chi connectivity index (χ0) is 27.3. The number of hydrogen-bond donors (Lipinski definition) is 3. The monoisotopic (exact) mass is 514 g/mol. The lowest BCUT2D eigenvalue weighted by atomic mass is 9.96. The standard InChI is InChI=1S/C30H34N4O4/c1-21(18-27(35)26(31)17-14-22-8-4-2-5-9-22)29(36)33-19-23-12-15-25(16-13-23)28(32)34-30(37)38-20-24-10-6-3-7-11-24/h2-13,15-16,21,26H,14,17-20,31H2,1H3,(H,33,36)(H2,32,34,37)/t21-,26-/m1/s1. The van der Waals surface area contributed by atoms with E-state index in [1.807, 2.05) is 60.7 Å². The fourth-order valence-electron chi connectivity index (χ4n) is 3.74. The number of amidine groups is 1. The van der Waals surface area contributed by atoms with Crippen molar-refractivity contribution in [2.24, 2.45) is 22.4 Å². The molecule has 0 saturated heterocycles. The number of amides is 2. The first-order chi connectivity index (χ1) is 18.3. The minimum atomic E-state index is -0.772. The molecule has 38 heavy (non-hydrogen) atoms. The van der Waals surface area contributed by atoms with Crippen LogP contribution in [0.15, 0.2) is 89.9 Å². The predicted octanol–water partition coefficient (Wildman–Crippen LogP) is 3.90. The lowest BCUT2D eigenvalue weighted by molar-refractivity contribution is -0.129. The van der Waals surface area contributed by atoms with E-state index in [4.69, 9.17) is 16.2 Å². The molecule has 0 unspecified atom stereocenters. The molecule has 198 valence electrons. The van der Waals surface area contributed by atoms with Gasteiger partial charge in [0.15, 0.2) is 0 Å². The van der Waals surface area contributed by atoms with E-state index in [2.05, 4.69) is 10.3 Å². The maximum Gasteiger partial charge on any atom is 0.435 e. The Bertz CT molecular complexity index is 1230. The molecule has 8 nitrogen and oxygen atoms in total. The number of nitrogens with one attached hydrogen (secondary N) is 1. The first-order valence-electron chi connectivity index (χ1n) is 12.6. The van der Waals surface area contributed by atoms with Gasteiger partial charge in [-0.1, -0.05) is 91.9 Å². The molecular weight excluding hydrogens is 480 g/mol. The van der Waals surface area contributed by atoms with Gasteiger partial charge in [0, 0.05) is 24.4 Å². The summed E-state index contributed by atoms with van der Waals surface area (Å²) in [7, 11) is 0. The van der Waals surface area contributed by atoms with Crippen LogP contribution in [0.4, 0.5) is 4.79 Å². The molecule has 0 aliphatic heterocycles. The molecule has 0 spiro atoms. The molecule has 0 saturated carbocycles. The maximum absolute atomic E-state index is 12.5. The molecule has 3 rings (SSSR count). The van der Waals surface area contributed by atoms with Gasteiger partial charge in [-0.2, -0.15) is 4.99 Å². The summed E-state index contributed by atoms with van der Waals surface area (Å²) in [6, 6.07) is 25.5. The van der Waals surface area contributed by atoms with Gasteiger partial charge in [0.05, 0.1) is 6.04 Å². The molecule has 0 aliphatic carbocycles. The topological polar surface area (TPSA) is 137 Å². The van der Waals surface area contributed by atoms with Gasteiger partial charge in [0.1, 0.15) is 18.2 Å². The second-order valence-electron chi connectivity index (χ2n) is 9.15. The molecule has 0 radical (unpaired) electrons. The van der Waals surface area contributed by atoms with E-state index < -0.39 is 18.1 Å². The number of nitrogens with two attached hydrogens (primary N) is 2. The van der Waals surface area contributed by atoms with Gasteiger partial charge in [-0.05, 0) is 29.5 Å². The first-order valence-corrected chi connectivity index (χ1v) is 12.6. The van der Waals surface area contributed by atoms with Gasteiger partial charge in [-0.25, -0.2) is 4.79 Å². The van der Waals surface area contributed by atoms with Crippen LogP contribution in [-0.2, 0) is 33.9 Å². The van der Waals surface area contributed by atoms with Crippen molar-refractivity contribution in [1.29, 1.82) is 0 Å². The lowest BCUT2D eigenvalue weighted by Crippen LogP contribution is -2.36. The highest BCUT2D eigenvalue weighted by atomic mass is 16.5. The Morgan fingerprint density at radius 1 is 0.868 bits per heavy atom. The fourth-order valence-corrected chi connectivity index (χ4v) is 3.74. The van der Waals surface area contributed by atoms with Crippen molar-refractivity contribution in [2.75, 3.05) is 0 Å². The Kier molecular flexibility index (Phi) is 10.7. The van der Waals surface area contributed by atoms with Crippen molar-refractivity contribution in [3.63, 3.8) is 0 Å². The van der Waals surface area contributed by atoms with Crippen LogP contribution in [0, 0.1) is 5.92 Å². The van der Waals surface area contributed by atoms with E-state index >= 15 is 0 Å². The average Bonchev–Trinajstić information content (AvgIpc) is 2.94. The van der Waals surface area contributed by atoms with Crippen LogP contribution in [0.2, 0.25) is 0 Å². The Morgan fingerprint density at radius 2 is 1.47 bits per heavy atom. The second-order valence-corrected chi connectivity index (χ2v) is 9.15. The first kappa shape index (κ1) is 28.3. The molecule has 2 atom stereocenters. The van der Waals surface area contributed by atoms with Crippen LogP contribution >= 0.6 is 0 Å². The van der Waals surface area contributed by atoms with Gasteiger partial charge in [-0.3, -0.25) is 9.59 Å². The number of aryl methyl sites for hydroxylation is 1. The van der Waals surface area contributed by atoms with E-state index in [0.29, 0.717) is 18.4 Å². The zero-order valence-electron chi connectivity index (χ0n) is 21.5. The number of benzene rings is 3. The number of hydrogen-bond acceptors (Lipinski definition) is 5. The van der Waals surface area contributed by atoms with E-state index in [1.165, 1.54) is 0 Å². The largest absolute Gasteiger partial charge is 0.443 e. The molecule has 0 aromatic heterocycles. The number of nitrogens with zero attached hydrogens (tertiary/aromatic N) is 1. The Labute approximate surface area is 223 Å². The molecule has 0 heterocycles. The normalized spacial score (nSPS) is 12.8. The van der Waals surface area contributed by atoms with Gasteiger partial charge in [-0.15, -0.1) is 0 Å². The van der Waals surface area contributed by atoms with Crippen molar-refractivity contribution in [2.45, 2.75) is 45.4 Å². The molecule has 3 aromatic carbocycles. The zero-order valence-corrected chi connectivity index (χ0v) is 21.5. The highest BCUT2D eigenvalue weighted by Gasteiger charge is 2.21. The molecule has 0 aliphatic rings. The number of carbonyl (C=O) groups excluding carboxylic acids is 3. The van der Waals surface area contributed by atoms with Gasteiger partial charge < -0.3 is 21.5 Å². The minimum absolute atomic E-state index is 0.0365. The smallest absolute Gasteiger partial charge is 0.435 e. The second kappa shape index (κ2) is 14.4. The van der Waals surface area contributed by atoms with Crippen LogP contribution in [0.3, 0.4) is 0 Å². The highest BCUT2D eigenvalue weighted by Crippen LogP contribution is 2.11. The number of carbonyl (C=O) groups is 3. The molecule has 8 heteroatoms. The van der Waals surface area contributed by atoms with E-state index in [0.717, 1.165) is 16.7 Å². The molecule has 0 bridgehead atoms. The summed E-state index contributed by atoms with van der Waals surface area (Å²) in [5.41, 5.74) is 15.4. The third-order valence-corrected chi connectivity index (χ3v) is 6.09. The van der Waals surface area contributed by atoms with Crippen LogP contribution in [0.1, 0.15) is 42.0 Å². The van der Waals surface area contributed by atoms with Crippen LogP contribution in [-0.4, -0.2) is 29.7 Å². The van der Waals surface area contributed by atoms with Crippen molar-refractivity contribution in [1.82, 2.24) is 5.32 Å². The number of Topliss-reactive ketones (excluding diaryl/α,β-unsaturated/α-hetero) is 1. The minimum Gasteiger partial charge on any atom is -0.443 e. The highest BCUT2D eigenvalue weighted by molar-refractivity contribution is 6.02. The third-order valence-electron chi connectivity index (χ3n) is 6.09. The van der Waals surface area contributed by atoms with Crippen LogP contribution in [0.25, 0.3) is 0 Å². The SMILES string of the molecule is C[C@H](CC(=O)[C@H](N)CCc1ccccc1)C(=O)NCc1ccc(C(N)=NC(=O)OCc2ccccc2)cc1. The third kappa shape index (κ3) is 9.29. The van der Waals surface area contributed by atoms with Crippen molar-refractivity contribution >= 4 is 23.6 Å². The number of ether oxygens (including phenoxy) is 1. The summed E-state index contributed by atoms with van der Waals surface area (Å²) in [5.74, 6) is -0.798. The fraction of sp³-hybridized carbons (Fsp3) is 0.267. The average molecular weight is 515 g/mol. The summed E-state index contributed by atoms with van der Waals surface area (Å²) in [6.45, 7) is 2.11. The predicted molar refractivity (Wildman–Crippen MR) is 147 cm³/mol. The van der Waals surface area contributed by atoms with Gasteiger partial charge in [0.2, 0.25) is 5.91 Å². The number of aliphatic imine (C=N–C) groups is 1. The molecule has 0 fully saturated rings. The van der Waals surface area contributed by atoms with Gasteiger partial charge in [0.25, 0.3) is 0 Å². The van der Waals surface area contributed by atoms with Crippen LogP contribution < -0.4 is 16.8 Å². The summed E-state index contributed by atoms with van der Waals surface area (Å²) in [4.78, 5) is 40.7. The molecule has 2 amide bonds. The Balaban J connectivity index is 1.41. The molecular formula is C30H34N4O4. The number of ketones is 1. The summed E-state index contributed by atoms with van der Waals surface area (Å²) in [6.07, 6.45) is 0.578. The van der Waals surface area contributed by atoms with E-state index in [1.54, 1.807) is 31.2 Å². The molecule has 5 N–H and O–H groups in total. The number of rotatable bonds is 12. The summed E-state index contributed by atoms with van der Waals surface area (Å²) in [5, 5.41) is 2.85. The maximum atomic E-state index is 12.5. The lowest BCUT2D eigenvalue weighted by Gasteiger charge is -2.15. The molecule has 3 aromatic rings. The van der Waals surface area contributed by atoms with E-state index in [9.17, 15) is 14.4 Å². The van der Waals surface area contributed by atoms with Crippen molar-refractivity contribution in [3.05, 3.63) is 107 Å². The Hall–Kier alpha value is -4.30. The van der Waals surface area contributed by atoms with Crippen molar-refractivity contribution < 1.29 is 19.1 Å². The van der Waals surface area contributed by atoms with Crippen LogP contribution in [0.5, 0.6) is 0 Å². The summed E-state index contributed by atoms with van der Waals surface area (Å²) < 4.78 is 5.12. The Morgan fingerprint density at radius 3 is 2.11 bits per heavy atom. The van der Waals surface area contributed by atoms with Gasteiger partial charge >= 0.3 is 6.09 Å².